The van der Waals surface area contributed by atoms with Crippen molar-refractivity contribution >= 4 is 58.2 Å². The van der Waals surface area contributed by atoms with Crippen LogP contribution in [0.5, 0.6) is 0 Å². The van der Waals surface area contributed by atoms with Gasteiger partial charge in [-0.05, 0) is 67.2 Å². The van der Waals surface area contributed by atoms with E-state index in [0.717, 1.165) is 11.1 Å². The minimum absolute atomic E-state index is 0.0836. The highest BCUT2D eigenvalue weighted by Gasteiger charge is 2.09. The number of carbonyl (C=O) groups is 2. The van der Waals surface area contributed by atoms with E-state index in [1.807, 2.05) is 45.0 Å². The van der Waals surface area contributed by atoms with Crippen LogP contribution in [0.25, 0.3) is 17.4 Å². The van der Waals surface area contributed by atoms with Crippen molar-refractivity contribution in [2.24, 2.45) is 5.92 Å². The molecule has 0 saturated heterocycles. The van der Waals surface area contributed by atoms with Crippen molar-refractivity contribution in [1.82, 2.24) is 5.32 Å². The van der Waals surface area contributed by atoms with Crippen LogP contribution in [0, 0.1) is 12.8 Å². The molecule has 0 spiro atoms. The molecule has 0 saturated carbocycles. The zero-order valence-corrected chi connectivity index (χ0v) is 20.0. The average molecular weight is 482 g/mol. The molecular formula is C25H24ClN3O3S. The molecule has 0 radical (unpaired) electrons. The van der Waals surface area contributed by atoms with E-state index in [4.69, 9.17) is 28.2 Å². The summed E-state index contributed by atoms with van der Waals surface area (Å²) in [6, 6.07) is 16.3. The molecule has 1 heterocycles. The van der Waals surface area contributed by atoms with Crippen LogP contribution >= 0.6 is 23.8 Å². The van der Waals surface area contributed by atoms with Gasteiger partial charge < -0.3 is 15.1 Å². The fraction of sp³-hybridized carbons (Fsp3) is 0.160. The van der Waals surface area contributed by atoms with Gasteiger partial charge in [-0.15, -0.1) is 0 Å². The first kappa shape index (κ1) is 24.2. The van der Waals surface area contributed by atoms with Gasteiger partial charge in [0.1, 0.15) is 11.5 Å². The monoisotopic (exact) mass is 481 g/mol. The van der Waals surface area contributed by atoms with Crippen molar-refractivity contribution in [3.63, 3.8) is 0 Å². The molecule has 1 aromatic heterocycles. The minimum Gasteiger partial charge on any atom is -0.457 e. The number of anilines is 2. The summed E-state index contributed by atoms with van der Waals surface area (Å²) in [6.07, 6.45) is 2.89. The standard InChI is InChI=1S/C25H24ClN3O3S/c1-15(2)24(31)27-18-5-4-6-19(14-18)28-25(33)29-23(30)12-10-20-9-11-22(32-20)17-8-7-16(3)21(26)13-17/h4-15H,1-3H3,(H,27,31)(H2,28,29,30,33)/b12-10+. The second kappa shape index (κ2) is 10.9. The molecule has 0 aliphatic carbocycles. The van der Waals surface area contributed by atoms with E-state index < -0.39 is 5.91 Å². The van der Waals surface area contributed by atoms with Gasteiger partial charge in [-0.1, -0.05) is 43.6 Å². The number of amides is 2. The van der Waals surface area contributed by atoms with Crippen molar-refractivity contribution in [2.45, 2.75) is 20.8 Å². The maximum Gasteiger partial charge on any atom is 0.250 e. The summed E-state index contributed by atoms with van der Waals surface area (Å²) in [5.74, 6) is 0.546. The Morgan fingerprint density at radius 2 is 1.76 bits per heavy atom. The summed E-state index contributed by atoms with van der Waals surface area (Å²) in [7, 11) is 0. The van der Waals surface area contributed by atoms with Crippen LogP contribution in [0.2, 0.25) is 5.02 Å². The predicted octanol–water partition coefficient (Wildman–Crippen LogP) is 6.03. The molecule has 0 aliphatic rings. The molecule has 0 bridgehead atoms. The Balaban J connectivity index is 1.55. The molecule has 3 rings (SSSR count). The van der Waals surface area contributed by atoms with E-state index in [9.17, 15) is 9.59 Å². The maximum absolute atomic E-state index is 12.2. The molecule has 8 heteroatoms. The first-order valence-electron chi connectivity index (χ1n) is 10.3. The van der Waals surface area contributed by atoms with Crippen LogP contribution in [-0.2, 0) is 9.59 Å². The Bertz CT molecular complexity index is 1220. The molecule has 0 aliphatic heterocycles. The molecule has 0 unspecified atom stereocenters. The number of carbonyl (C=O) groups excluding carboxylic acids is 2. The third-order valence-corrected chi connectivity index (χ3v) is 5.24. The van der Waals surface area contributed by atoms with E-state index in [1.54, 1.807) is 36.4 Å². The van der Waals surface area contributed by atoms with Crippen molar-refractivity contribution < 1.29 is 14.0 Å². The van der Waals surface area contributed by atoms with Gasteiger partial charge in [0.05, 0.1) is 0 Å². The molecule has 170 valence electrons. The highest BCUT2D eigenvalue weighted by Crippen LogP contribution is 2.27. The Morgan fingerprint density at radius 3 is 2.45 bits per heavy atom. The largest absolute Gasteiger partial charge is 0.457 e. The summed E-state index contributed by atoms with van der Waals surface area (Å²) in [5.41, 5.74) is 3.11. The van der Waals surface area contributed by atoms with Crippen LogP contribution in [0.1, 0.15) is 25.2 Å². The van der Waals surface area contributed by atoms with Gasteiger partial charge in [0.25, 0.3) is 0 Å². The Morgan fingerprint density at radius 1 is 1.03 bits per heavy atom. The second-order valence-electron chi connectivity index (χ2n) is 7.67. The fourth-order valence-electron chi connectivity index (χ4n) is 2.78. The molecule has 3 aromatic rings. The number of aryl methyl sites for hydroxylation is 1. The van der Waals surface area contributed by atoms with Crippen molar-refractivity contribution in [1.29, 1.82) is 0 Å². The van der Waals surface area contributed by atoms with Gasteiger partial charge in [-0.2, -0.15) is 0 Å². The number of halogens is 1. The van der Waals surface area contributed by atoms with Crippen molar-refractivity contribution in [3.8, 4) is 11.3 Å². The lowest BCUT2D eigenvalue weighted by molar-refractivity contribution is -0.119. The molecule has 0 fully saturated rings. The van der Waals surface area contributed by atoms with E-state index in [2.05, 4.69) is 16.0 Å². The average Bonchev–Trinajstić information content (AvgIpc) is 3.23. The molecule has 33 heavy (non-hydrogen) atoms. The smallest absolute Gasteiger partial charge is 0.250 e. The highest BCUT2D eigenvalue weighted by atomic mass is 35.5. The number of furan rings is 1. The number of hydrogen-bond donors (Lipinski definition) is 3. The molecule has 0 atom stereocenters. The third-order valence-electron chi connectivity index (χ3n) is 4.63. The number of thiocarbonyl (C=S) groups is 1. The van der Waals surface area contributed by atoms with Gasteiger partial charge in [-0.3, -0.25) is 14.9 Å². The lowest BCUT2D eigenvalue weighted by Crippen LogP contribution is -2.32. The highest BCUT2D eigenvalue weighted by molar-refractivity contribution is 7.80. The van der Waals surface area contributed by atoms with Gasteiger partial charge in [0.15, 0.2) is 5.11 Å². The van der Waals surface area contributed by atoms with Crippen LogP contribution in [-0.4, -0.2) is 16.9 Å². The maximum atomic E-state index is 12.2. The number of hydrogen-bond acceptors (Lipinski definition) is 4. The molecule has 6 nitrogen and oxygen atoms in total. The third kappa shape index (κ3) is 7.03. The van der Waals surface area contributed by atoms with Crippen molar-refractivity contribution in [2.75, 3.05) is 10.6 Å². The summed E-state index contributed by atoms with van der Waals surface area (Å²) < 4.78 is 5.77. The first-order valence-corrected chi connectivity index (χ1v) is 11.1. The first-order chi connectivity index (χ1) is 15.7. The Hall–Kier alpha value is -3.42. The van der Waals surface area contributed by atoms with Crippen LogP contribution < -0.4 is 16.0 Å². The Kier molecular flexibility index (Phi) is 8.03. The SMILES string of the molecule is Cc1ccc(-c2ccc(/C=C/C(=O)NC(=S)Nc3cccc(NC(=O)C(C)C)c3)o2)cc1Cl. The lowest BCUT2D eigenvalue weighted by atomic mass is 10.1. The predicted molar refractivity (Wildman–Crippen MR) is 137 cm³/mol. The zero-order valence-electron chi connectivity index (χ0n) is 18.4. The normalized spacial score (nSPS) is 10.9. The summed E-state index contributed by atoms with van der Waals surface area (Å²) in [4.78, 5) is 24.1. The lowest BCUT2D eigenvalue weighted by Gasteiger charge is -2.11. The van der Waals surface area contributed by atoms with Gasteiger partial charge in [0.2, 0.25) is 11.8 Å². The van der Waals surface area contributed by atoms with Crippen LogP contribution in [0.4, 0.5) is 11.4 Å². The van der Waals surface area contributed by atoms with Gasteiger partial charge in [0, 0.05) is 34.0 Å². The van der Waals surface area contributed by atoms with E-state index in [0.29, 0.717) is 27.9 Å². The number of benzene rings is 2. The molecule has 2 amide bonds. The van der Waals surface area contributed by atoms with Crippen LogP contribution in [0.3, 0.4) is 0 Å². The number of nitrogens with one attached hydrogen (secondary N) is 3. The van der Waals surface area contributed by atoms with E-state index in [1.165, 1.54) is 6.08 Å². The fourth-order valence-corrected chi connectivity index (χ4v) is 3.18. The Labute approximate surface area is 203 Å². The van der Waals surface area contributed by atoms with Gasteiger partial charge in [-0.25, -0.2) is 0 Å². The number of rotatable bonds is 6. The van der Waals surface area contributed by atoms with Gasteiger partial charge >= 0.3 is 0 Å². The van der Waals surface area contributed by atoms with E-state index in [-0.39, 0.29) is 16.9 Å². The molecular weight excluding hydrogens is 458 g/mol. The summed E-state index contributed by atoms with van der Waals surface area (Å²) in [5, 5.41) is 9.11. The molecule has 3 N–H and O–H groups in total. The topological polar surface area (TPSA) is 83.4 Å². The summed E-state index contributed by atoms with van der Waals surface area (Å²) >= 11 is 11.4. The minimum atomic E-state index is -0.409. The second-order valence-corrected chi connectivity index (χ2v) is 8.48. The zero-order chi connectivity index (χ0) is 24.0. The van der Waals surface area contributed by atoms with Crippen molar-refractivity contribution in [3.05, 3.63) is 77.0 Å². The van der Waals surface area contributed by atoms with Crippen LogP contribution in [0.15, 0.2) is 65.1 Å². The quantitative estimate of drug-likeness (QED) is 0.296. The van der Waals surface area contributed by atoms with E-state index >= 15 is 0 Å². The molecule has 2 aromatic carbocycles. The summed E-state index contributed by atoms with van der Waals surface area (Å²) in [6.45, 7) is 5.57.